The van der Waals surface area contributed by atoms with Crippen molar-refractivity contribution >= 4 is 23.2 Å². The summed E-state index contributed by atoms with van der Waals surface area (Å²) in [6, 6.07) is 7.06. The van der Waals surface area contributed by atoms with E-state index in [1.54, 1.807) is 6.07 Å². The van der Waals surface area contributed by atoms with Crippen molar-refractivity contribution in [2.24, 2.45) is 0 Å². The Labute approximate surface area is 108 Å². The summed E-state index contributed by atoms with van der Waals surface area (Å²) < 4.78 is 4.96. The van der Waals surface area contributed by atoms with Gasteiger partial charge in [0.1, 0.15) is 5.76 Å². The Hall–Kier alpha value is -1.19. The number of hydrogen-bond acceptors (Lipinski definition) is 2. The van der Waals surface area contributed by atoms with Crippen LogP contribution in [0.5, 0.6) is 0 Å². The van der Waals surface area contributed by atoms with Gasteiger partial charge in [-0.15, -0.1) is 0 Å². The second kappa shape index (κ2) is 5.43. The van der Waals surface area contributed by atoms with E-state index in [0.29, 0.717) is 15.8 Å². The first-order valence-electron chi connectivity index (χ1n) is 5.26. The normalized spacial score (nSPS) is 10.7. The van der Waals surface area contributed by atoms with Crippen LogP contribution in [0.4, 0.5) is 0 Å². The Kier molecular flexibility index (Phi) is 3.92. The van der Waals surface area contributed by atoms with Gasteiger partial charge in [-0.25, -0.2) is 0 Å². The van der Waals surface area contributed by atoms with Crippen LogP contribution in [0.3, 0.4) is 0 Å². The van der Waals surface area contributed by atoms with Crippen molar-refractivity contribution in [3.05, 3.63) is 56.0 Å². The number of H-pyrrole nitrogens is 1. The topological polar surface area (TPSA) is 46.0 Å². The highest BCUT2D eigenvalue weighted by Gasteiger charge is 2.02. The lowest BCUT2D eigenvalue weighted by Gasteiger charge is -2.02. The molecule has 2 rings (SSSR count). The van der Waals surface area contributed by atoms with Crippen molar-refractivity contribution in [3.8, 4) is 0 Å². The van der Waals surface area contributed by atoms with Gasteiger partial charge in [-0.2, -0.15) is 5.16 Å². The Balaban J connectivity index is 1.89. The Bertz CT molecular complexity index is 560. The third kappa shape index (κ3) is 3.38. The highest BCUT2D eigenvalue weighted by atomic mass is 35.5. The van der Waals surface area contributed by atoms with E-state index in [1.165, 1.54) is 6.07 Å². The minimum Gasteiger partial charge on any atom is -0.384 e. The summed E-state index contributed by atoms with van der Waals surface area (Å²) in [5.41, 5.74) is 0.923. The number of halogens is 2. The number of nitrogens with one attached hydrogen (secondary N) is 1. The molecule has 1 aromatic heterocycles. The third-order valence-corrected chi connectivity index (χ3v) is 3.19. The number of aromatic nitrogens is 1. The van der Waals surface area contributed by atoms with Crippen LogP contribution in [0.15, 0.2) is 33.6 Å². The molecule has 0 spiro atoms. The first kappa shape index (κ1) is 12.3. The molecular weight excluding hydrogens is 261 g/mol. The highest BCUT2D eigenvalue weighted by Crippen LogP contribution is 2.23. The van der Waals surface area contributed by atoms with Gasteiger partial charge >= 0.3 is 0 Å². The highest BCUT2D eigenvalue weighted by molar-refractivity contribution is 6.42. The lowest BCUT2D eigenvalue weighted by atomic mass is 10.1. The number of aromatic amines is 1. The van der Waals surface area contributed by atoms with E-state index >= 15 is 0 Å². The molecule has 0 amide bonds. The monoisotopic (exact) mass is 271 g/mol. The molecule has 0 radical (unpaired) electrons. The van der Waals surface area contributed by atoms with Gasteiger partial charge in [0.2, 0.25) is 0 Å². The summed E-state index contributed by atoms with van der Waals surface area (Å²) in [6.07, 6.45) is 2.48. The molecule has 0 fully saturated rings. The molecule has 1 heterocycles. The van der Waals surface area contributed by atoms with Crippen LogP contribution in [0.25, 0.3) is 0 Å². The zero-order valence-corrected chi connectivity index (χ0v) is 10.5. The van der Waals surface area contributed by atoms with Gasteiger partial charge in [0.05, 0.1) is 10.0 Å². The number of benzene rings is 1. The molecule has 0 aliphatic heterocycles. The van der Waals surface area contributed by atoms with E-state index in [9.17, 15) is 4.79 Å². The standard InChI is InChI=1S/C12H11Cl2NO2/c13-10-5-4-8(6-11(10)14)2-1-3-9-7-12(16)15-17-9/h4-7H,1-3H2,(H,15,16). The van der Waals surface area contributed by atoms with Gasteiger partial charge in [-0.05, 0) is 30.5 Å². The minimum absolute atomic E-state index is 0.200. The van der Waals surface area contributed by atoms with Crippen LogP contribution in [0, 0.1) is 0 Å². The molecule has 1 aromatic carbocycles. The van der Waals surface area contributed by atoms with Gasteiger partial charge in [0.15, 0.2) is 0 Å². The average molecular weight is 272 g/mol. The van der Waals surface area contributed by atoms with Crippen molar-refractivity contribution in [2.75, 3.05) is 0 Å². The first-order chi connectivity index (χ1) is 8.15. The maximum absolute atomic E-state index is 10.8. The lowest BCUT2D eigenvalue weighted by molar-refractivity contribution is 0.376. The summed E-state index contributed by atoms with van der Waals surface area (Å²) in [7, 11) is 0. The fourth-order valence-corrected chi connectivity index (χ4v) is 1.93. The summed E-state index contributed by atoms with van der Waals surface area (Å²) in [5, 5.41) is 3.39. The second-order valence-electron chi connectivity index (χ2n) is 3.78. The zero-order chi connectivity index (χ0) is 12.3. The smallest absolute Gasteiger partial charge is 0.280 e. The van der Waals surface area contributed by atoms with E-state index < -0.39 is 0 Å². The minimum atomic E-state index is -0.200. The van der Waals surface area contributed by atoms with Crippen molar-refractivity contribution in [2.45, 2.75) is 19.3 Å². The summed E-state index contributed by atoms with van der Waals surface area (Å²) in [6.45, 7) is 0. The lowest BCUT2D eigenvalue weighted by Crippen LogP contribution is -1.93. The summed E-state index contributed by atoms with van der Waals surface area (Å²) >= 11 is 11.7. The molecule has 17 heavy (non-hydrogen) atoms. The average Bonchev–Trinajstić information content (AvgIpc) is 2.70. The third-order valence-electron chi connectivity index (χ3n) is 2.45. The van der Waals surface area contributed by atoms with E-state index in [4.69, 9.17) is 27.7 Å². The zero-order valence-electron chi connectivity index (χ0n) is 9.00. The molecular formula is C12H11Cl2NO2. The molecule has 2 aromatic rings. The molecule has 0 unspecified atom stereocenters. The van der Waals surface area contributed by atoms with Crippen LogP contribution in [0.1, 0.15) is 17.7 Å². The Morgan fingerprint density at radius 2 is 1.94 bits per heavy atom. The van der Waals surface area contributed by atoms with Crippen LogP contribution < -0.4 is 5.56 Å². The molecule has 0 atom stereocenters. The number of rotatable bonds is 4. The molecule has 3 nitrogen and oxygen atoms in total. The molecule has 1 N–H and O–H groups in total. The van der Waals surface area contributed by atoms with Gasteiger partial charge in [-0.3, -0.25) is 4.79 Å². The number of hydrogen-bond donors (Lipinski definition) is 1. The molecule has 0 aliphatic carbocycles. The van der Waals surface area contributed by atoms with Gasteiger partial charge in [0, 0.05) is 12.5 Å². The maximum Gasteiger partial charge on any atom is 0.280 e. The number of aryl methyl sites for hydroxylation is 2. The summed E-state index contributed by atoms with van der Waals surface area (Å²) in [4.78, 5) is 10.8. The molecule has 0 saturated carbocycles. The van der Waals surface area contributed by atoms with E-state index in [2.05, 4.69) is 5.16 Å². The van der Waals surface area contributed by atoms with Crippen molar-refractivity contribution < 1.29 is 4.52 Å². The maximum atomic E-state index is 10.8. The predicted octanol–water partition coefficient (Wildman–Crippen LogP) is 3.45. The molecule has 5 heteroatoms. The molecule has 0 bridgehead atoms. The fourth-order valence-electron chi connectivity index (χ4n) is 1.61. The van der Waals surface area contributed by atoms with E-state index in [1.807, 2.05) is 12.1 Å². The first-order valence-corrected chi connectivity index (χ1v) is 6.02. The van der Waals surface area contributed by atoms with Crippen LogP contribution in [-0.4, -0.2) is 5.16 Å². The van der Waals surface area contributed by atoms with Crippen LogP contribution in [-0.2, 0) is 12.8 Å². The van der Waals surface area contributed by atoms with Crippen molar-refractivity contribution in [1.82, 2.24) is 5.16 Å². The van der Waals surface area contributed by atoms with Crippen molar-refractivity contribution in [3.63, 3.8) is 0 Å². The molecule has 90 valence electrons. The van der Waals surface area contributed by atoms with Gasteiger partial charge < -0.3 is 4.52 Å². The van der Waals surface area contributed by atoms with Crippen molar-refractivity contribution in [1.29, 1.82) is 0 Å². The largest absolute Gasteiger partial charge is 0.384 e. The fraction of sp³-hybridized carbons (Fsp3) is 0.250. The SMILES string of the molecule is O=c1cc(CCCc2ccc(Cl)c(Cl)c2)o[nH]1. The van der Waals surface area contributed by atoms with Crippen LogP contribution >= 0.6 is 23.2 Å². The summed E-state index contributed by atoms with van der Waals surface area (Å²) in [5.74, 6) is 0.676. The predicted molar refractivity (Wildman–Crippen MR) is 67.8 cm³/mol. The molecule has 0 saturated heterocycles. The van der Waals surface area contributed by atoms with Gasteiger partial charge in [0.25, 0.3) is 5.56 Å². The quantitative estimate of drug-likeness (QED) is 0.926. The molecule has 0 aliphatic rings. The van der Waals surface area contributed by atoms with E-state index in [0.717, 1.165) is 24.8 Å². The van der Waals surface area contributed by atoms with Gasteiger partial charge in [-0.1, -0.05) is 29.3 Å². The van der Waals surface area contributed by atoms with E-state index in [-0.39, 0.29) is 5.56 Å². The second-order valence-corrected chi connectivity index (χ2v) is 4.60. The Morgan fingerprint density at radius 3 is 2.59 bits per heavy atom. The van der Waals surface area contributed by atoms with Crippen LogP contribution in [0.2, 0.25) is 10.0 Å². The Morgan fingerprint density at radius 1 is 1.12 bits per heavy atom.